The van der Waals surface area contributed by atoms with Crippen molar-refractivity contribution in [3.05, 3.63) is 28.0 Å². The molecule has 15 heavy (non-hydrogen) atoms. The molecule has 0 spiro atoms. The summed E-state index contributed by atoms with van der Waals surface area (Å²) in [7, 11) is 0. The molecule has 0 amide bonds. The van der Waals surface area contributed by atoms with Crippen LogP contribution in [-0.4, -0.2) is 10.9 Å². The van der Waals surface area contributed by atoms with Crippen molar-refractivity contribution in [2.75, 3.05) is 0 Å². The van der Waals surface area contributed by atoms with E-state index in [1.807, 2.05) is 0 Å². The molecule has 0 atom stereocenters. The van der Waals surface area contributed by atoms with E-state index in [2.05, 4.69) is 4.98 Å². The maximum Gasteiger partial charge on any atom is 0.252 e. The van der Waals surface area contributed by atoms with Gasteiger partial charge in [-0.25, -0.2) is 13.8 Å². The normalized spacial score (nSPS) is 22.2. The Morgan fingerprint density at radius 2 is 1.93 bits per heavy atom. The minimum atomic E-state index is -2.70. The van der Waals surface area contributed by atoms with Gasteiger partial charge in [-0.15, -0.1) is 0 Å². The number of alkyl halides is 2. The molecule has 0 aliphatic heterocycles. The molecular formula is C9H8Cl2F2N2. The van der Waals surface area contributed by atoms with E-state index >= 15 is 0 Å². The Kier molecular flexibility index (Phi) is 2.41. The summed E-state index contributed by atoms with van der Waals surface area (Å²) < 4.78 is 25.5. The summed E-state index contributed by atoms with van der Waals surface area (Å²) in [6, 6.07) is 1.41. The fraction of sp³-hybridized carbons (Fsp3) is 0.444. The molecule has 2 nitrogen and oxygen atoms in total. The number of hydrogen-bond donors (Lipinski definition) is 1. The minimum Gasteiger partial charge on any atom is -0.321 e. The Balaban J connectivity index is 2.32. The topological polar surface area (TPSA) is 38.9 Å². The number of nitrogens with two attached hydrogens (primary N) is 1. The highest BCUT2D eigenvalue weighted by molar-refractivity contribution is 6.34. The molecule has 1 aromatic rings. The zero-order valence-corrected chi connectivity index (χ0v) is 9.12. The lowest BCUT2D eigenvalue weighted by atomic mass is 9.70. The van der Waals surface area contributed by atoms with Gasteiger partial charge in [0.05, 0.1) is 10.6 Å². The van der Waals surface area contributed by atoms with Crippen molar-refractivity contribution in [2.24, 2.45) is 5.73 Å². The van der Waals surface area contributed by atoms with Crippen LogP contribution >= 0.6 is 23.2 Å². The average Bonchev–Trinajstić information content (AvgIpc) is 1.98. The second-order valence-corrected chi connectivity index (χ2v) is 4.65. The SMILES string of the molecule is NC1(c2cnc(Cl)cc2Cl)CC(F)(F)C1. The van der Waals surface area contributed by atoms with Crippen molar-refractivity contribution in [3.8, 4) is 0 Å². The highest BCUT2D eigenvalue weighted by atomic mass is 35.5. The molecule has 0 saturated heterocycles. The van der Waals surface area contributed by atoms with Gasteiger partial charge in [-0.3, -0.25) is 0 Å². The van der Waals surface area contributed by atoms with Gasteiger partial charge in [0.1, 0.15) is 5.15 Å². The third kappa shape index (κ3) is 1.94. The van der Waals surface area contributed by atoms with Crippen molar-refractivity contribution < 1.29 is 8.78 Å². The van der Waals surface area contributed by atoms with Crippen LogP contribution in [0.1, 0.15) is 18.4 Å². The van der Waals surface area contributed by atoms with Crippen LogP contribution in [0.4, 0.5) is 8.78 Å². The van der Waals surface area contributed by atoms with Crippen LogP contribution < -0.4 is 5.73 Å². The van der Waals surface area contributed by atoms with Crippen LogP contribution in [-0.2, 0) is 5.54 Å². The van der Waals surface area contributed by atoms with Crippen molar-refractivity contribution in [2.45, 2.75) is 24.3 Å². The van der Waals surface area contributed by atoms with Crippen molar-refractivity contribution in [1.82, 2.24) is 4.98 Å². The number of hydrogen-bond acceptors (Lipinski definition) is 2. The second-order valence-electron chi connectivity index (χ2n) is 3.85. The molecule has 1 heterocycles. The zero-order chi connectivity index (χ0) is 11.3. The maximum absolute atomic E-state index is 12.8. The Morgan fingerprint density at radius 1 is 1.33 bits per heavy atom. The van der Waals surface area contributed by atoms with Crippen LogP contribution in [0, 0.1) is 0 Å². The molecule has 1 aliphatic rings. The Bertz CT molecular complexity index is 401. The van der Waals surface area contributed by atoms with Crippen LogP contribution in [0.25, 0.3) is 0 Å². The molecule has 1 fully saturated rings. The molecule has 2 N–H and O–H groups in total. The predicted molar refractivity (Wildman–Crippen MR) is 54.3 cm³/mol. The Morgan fingerprint density at radius 3 is 2.40 bits per heavy atom. The van der Waals surface area contributed by atoms with Crippen LogP contribution in [0.3, 0.4) is 0 Å². The first-order valence-electron chi connectivity index (χ1n) is 4.31. The van der Waals surface area contributed by atoms with E-state index in [0.717, 1.165) is 0 Å². The Labute approximate surface area is 95.4 Å². The molecule has 6 heteroatoms. The van der Waals surface area contributed by atoms with E-state index < -0.39 is 24.3 Å². The van der Waals surface area contributed by atoms with Gasteiger partial charge < -0.3 is 5.73 Å². The van der Waals surface area contributed by atoms with E-state index in [1.165, 1.54) is 12.3 Å². The number of aromatic nitrogens is 1. The van der Waals surface area contributed by atoms with Gasteiger partial charge in [0.15, 0.2) is 0 Å². The standard InChI is InChI=1S/C9H8Cl2F2N2/c10-6-1-7(11)15-2-5(6)8(14)3-9(12,13)4-8/h1-2H,3-4,14H2. The van der Waals surface area contributed by atoms with Gasteiger partial charge in [-0.05, 0) is 6.07 Å². The zero-order valence-electron chi connectivity index (χ0n) is 7.61. The third-order valence-corrected chi connectivity index (χ3v) is 3.02. The maximum atomic E-state index is 12.8. The monoisotopic (exact) mass is 252 g/mol. The van der Waals surface area contributed by atoms with E-state index in [-0.39, 0.29) is 10.2 Å². The fourth-order valence-electron chi connectivity index (χ4n) is 1.84. The summed E-state index contributed by atoms with van der Waals surface area (Å²) in [4.78, 5) is 3.79. The van der Waals surface area contributed by atoms with Crippen LogP contribution in [0.2, 0.25) is 10.2 Å². The minimum absolute atomic E-state index is 0.221. The number of pyridine rings is 1. The summed E-state index contributed by atoms with van der Waals surface area (Å²) in [5.74, 6) is -2.70. The van der Waals surface area contributed by atoms with Gasteiger partial charge >= 0.3 is 0 Å². The van der Waals surface area contributed by atoms with Crippen molar-refractivity contribution >= 4 is 23.2 Å². The van der Waals surface area contributed by atoms with E-state index in [0.29, 0.717) is 5.56 Å². The third-order valence-electron chi connectivity index (χ3n) is 2.50. The molecule has 2 rings (SSSR count). The summed E-state index contributed by atoms with van der Waals surface area (Å²) in [6.45, 7) is 0. The lowest BCUT2D eigenvalue weighted by Crippen LogP contribution is -2.55. The van der Waals surface area contributed by atoms with Gasteiger partial charge in [-0.1, -0.05) is 23.2 Å². The fourth-order valence-corrected chi connectivity index (χ4v) is 2.39. The molecule has 82 valence electrons. The smallest absolute Gasteiger partial charge is 0.252 e. The van der Waals surface area contributed by atoms with Crippen LogP contribution in [0.15, 0.2) is 12.3 Å². The highest BCUT2D eigenvalue weighted by Gasteiger charge is 2.55. The molecule has 0 radical (unpaired) electrons. The molecule has 0 bridgehead atoms. The Hall–Kier alpha value is -0.450. The van der Waals surface area contributed by atoms with E-state index in [9.17, 15) is 8.78 Å². The first-order chi connectivity index (χ1) is 6.82. The predicted octanol–water partition coefficient (Wildman–Crippen LogP) is 2.97. The van der Waals surface area contributed by atoms with Crippen LogP contribution in [0.5, 0.6) is 0 Å². The largest absolute Gasteiger partial charge is 0.321 e. The molecule has 1 aromatic heterocycles. The van der Waals surface area contributed by atoms with Crippen molar-refractivity contribution in [3.63, 3.8) is 0 Å². The quantitative estimate of drug-likeness (QED) is 0.781. The molecule has 1 aliphatic carbocycles. The molecule has 0 unspecified atom stereocenters. The highest BCUT2D eigenvalue weighted by Crippen LogP contribution is 2.51. The molecule has 0 aromatic carbocycles. The summed E-state index contributed by atoms with van der Waals surface area (Å²) in [5.41, 5.74) is 5.16. The van der Waals surface area contributed by atoms with Gasteiger partial charge in [-0.2, -0.15) is 0 Å². The number of rotatable bonds is 1. The van der Waals surface area contributed by atoms with Gasteiger partial charge in [0.2, 0.25) is 0 Å². The summed E-state index contributed by atoms with van der Waals surface area (Å²) in [5, 5.41) is 0.506. The first-order valence-corrected chi connectivity index (χ1v) is 5.06. The lowest BCUT2D eigenvalue weighted by Gasteiger charge is -2.44. The second kappa shape index (κ2) is 3.27. The molecule has 1 saturated carbocycles. The van der Waals surface area contributed by atoms with Gasteiger partial charge in [0, 0.05) is 24.6 Å². The van der Waals surface area contributed by atoms with E-state index in [4.69, 9.17) is 28.9 Å². The first kappa shape index (κ1) is 11.0. The average molecular weight is 253 g/mol. The molecular weight excluding hydrogens is 245 g/mol. The lowest BCUT2D eigenvalue weighted by molar-refractivity contribution is -0.125. The number of nitrogens with zero attached hydrogens (tertiary/aromatic N) is 1. The van der Waals surface area contributed by atoms with Crippen molar-refractivity contribution in [1.29, 1.82) is 0 Å². The summed E-state index contributed by atoms with van der Waals surface area (Å²) >= 11 is 11.5. The van der Waals surface area contributed by atoms with Gasteiger partial charge in [0.25, 0.3) is 5.92 Å². The van der Waals surface area contributed by atoms with E-state index in [1.54, 1.807) is 0 Å². The summed E-state index contributed by atoms with van der Waals surface area (Å²) in [6.07, 6.45) is 0.561. The number of halogens is 4.